The van der Waals surface area contributed by atoms with Gasteiger partial charge in [0.25, 0.3) is 5.91 Å². The zero-order valence-electron chi connectivity index (χ0n) is 13.6. The summed E-state index contributed by atoms with van der Waals surface area (Å²) in [6.07, 6.45) is 5.67. The van der Waals surface area contributed by atoms with E-state index in [9.17, 15) is 9.59 Å². The number of ether oxygens (including phenoxy) is 1. The van der Waals surface area contributed by atoms with Crippen molar-refractivity contribution >= 4 is 23.3 Å². The Kier molecular flexibility index (Phi) is 5.83. The molecule has 128 valence electrons. The van der Waals surface area contributed by atoms with E-state index in [1.54, 1.807) is 25.1 Å². The molecular formula is C17H22N4O3. The number of hydrogen-bond acceptors (Lipinski definition) is 6. The summed E-state index contributed by atoms with van der Waals surface area (Å²) >= 11 is 0. The van der Waals surface area contributed by atoms with Crippen LogP contribution >= 0.6 is 0 Å². The monoisotopic (exact) mass is 330 g/mol. The third-order valence-electron chi connectivity index (χ3n) is 3.51. The van der Waals surface area contributed by atoms with Crippen LogP contribution in [0.25, 0.3) is 0 Å². The average molecular weight is 330 g/mol. The predicted molar refractivity (Wildman–Crippen MR) is 92.8 cm³/mol. The highest BCUT2D eigenvalue weighted by Crippen LogP contribution is 2.19. The van der Waals surface area contributed by atoms with Crippen LogP contribution in [0.4, 0.5) is 11.4 Å². The molecule has 24 heavy (non-hydrogen) atoms. The van der Waals surface area contributed by atoms with Gasteiger partial charge in [-0.3, -0.25) is 14.5 Å². The molecule has 0 fully saturated rings. The van der Waals surface area contributed by atoms with Gasteiger partial charge in [-0.1, -0.05) is 12.2 Å². The van der Waals surface area contributed by atoms with E-state index in [2.05, 4.69) is 5.32 Å². The number of hydrogen-bond donors (Lipinski definition) is 3. The molecule has 0 aromatic heterocycles. The lowest BCUT2D eigenvalue weighted by Crippen LogP contribution is -2.39. The number of benzene rings is 1. The van der Waals surface area contributed by atoms with Crippen molar-refractivity contribution in [1.82, 2.24) is 10.2 Å². The normalized spacial score (nSPS) is 13.0. The smallest absolute Gasteiger partial charge is 0.307 e. The Labute approximate surface area is 140 Å². The standard InChI is InChI=1S/C17H22N4O3/c1-2-24-16(22)8-10-21(15-5-3-4-9-20-15)17(23)12-6-7-13(18)14(19)11-12/h3-7,11,20H,2,8-10,18-19H2,1H3. The number of anilines is 2. The molecule has 1 amide bonds. The summed E-state index contributed by atoms with van der Waals surface area (Å²) in [5.74, 6) is 0.0151. The van der Waals surface area contributed by atoms with Gasteiger partial charge < -0.3 is 21.5 Å². The zero-order valence-corrected chi connectivity index (χ0v) is 13.6. The number of dihydropyridines is 1. The van der Waals surface area contributed by atoms with Gasteiger partial charge in [-0.25, -0.2) is 0 Å². The van der Waals surface area contributed by atoms with Gasteiger partial charge in [-0.15, -0.1) is 0 Å². The first-order chi connectivity index (χ1) is 11.5. The molecule has 7 nitrogen and oxygen atoms in total. The van der Waals surface area contributed by atoms with E-state index in [-0.39, 0.29) is 24.8 Å². The van der Waals surface area contributed by atoms with E-state index in [0.29, 0.717) is 35.9 Å². The first-order valence-corrected chi connectivity index (χ1v) is 7.76. The van der Waals surface area contributed by atoms with Gasteiger partial charge in [-0.05, 0) is 31.2 Å². The Bertz CT molecular complexity index is 682. The van der Waals surface area contributed by atoms with Crippen LogP contribution in [0.3, 0.4) is 0 Å². The van der Waals surface area contributed by atoms with Crippen molar-refractivity contribution in [2.75, 3.05) is 31.2 Å². The maximum atomic E-state index is 12.9. The fourth-order valence-corrected chi connectivity index (χ4v) is 2.27. The minimum Gasteiger partial charge on any atom is -0.466 e. The first kappa shape index (κ1) is 17.4. The molecule has 1 heterocycles. The van der Waals surface area contributed by atoms with Gasteiger partial charge in [0.1, 0.15) is 5.82 Å². The summed E-state index contributed by atoms with van der Waals surface area (Å²) in [6, 6.07) is 4.74. The van der Waals surface area contributed by atoms with Crippen LogP contribution in [-0.2, 0) is 9.53 Å². The fourth-order valence-electron chi connectivity index (χ4n) is 2.27. The molecule has 0 atom stereocenters. The van der Waals surface area contributed by atoms with Crippen LogP contribution in [0.5, 0.6) is 0 Å². The van der Waals surface area contributed by atoms with E-state index in [4.69, 9.17) is 16.2 Å². The second kappa shape index (κ2) is 8.05. The van der Waals surface area contributed by atoms with Crippen LogP contribution in [0.15, 0.2) is 42.2 Å². The zero-order chi connectivity index (χ0) is 17.5. The topological polar surface area (TPSA) is 111 Å². The summed E-state index contributed by atoms with van der Waals surface area (Å²) in [5, 5.41) is 3.12. The van der Waals surface area contributed by atoms with Crippen molar-refractivity contribution < 1.29 is 14.3 Å². The Hall–Kier alpha value is -2.96. The molecule has 7 heteroatoms. The predicted octanol–water partition coefficient (Wildman–Crippen LogP) is 1.25. The molecule has 1 aromatic carbocycles. The molecule has 1 aliphatic heterocycles. The highest BCUT2D eigenvalue weighted by atomic mass is 16.5. The van der Waals surface area contributed by atoms with E-state index < -0.39 is 0 Å². The third-order valence-corrected chi connectivity index (χ3v) is 3.51. The number of nitrogens with two attached hydrogens (primary N) is 2. The number of rotatable bonds is 6. The number of amides is 1. The van der Waals surface area contributed by atoms with E-state index in [1.165, 1.54) is 11.0 Å². The largest absolute Gasteiger partial charge is 0.466 e. The maximum absolute atomic E-state index is 12.9. The number of nitrogens with zero attached hydrogens (tertiary/aromatic N) is 1. The van der Waals surface area contributed by atoms with Gasteiger partial charge in [0, 0.05) is 18.7 Å². The van der Waals surface area contributed by atoms with Crippen LogP contribution < -0.4 is 16.8 Å². The van der Waals surface area contributed by atoms with E-state index >= 15 is 0 Å². The summed E-state index contributed by atoms with van der Waals surface area (Å²) in [5.41, 5.74) is 12.7. The van der Waals surface area contributed by atoms with Crippen LogP contribution in [-0.4, -0.2) is 36.5 Å². The van der Waals surface area contributed by atoms with Gasteiger partial charge in [0.2, 0.25) is 0 Å². The summed E-state index contributed by atoms with van der Waals surface area (Å²) in [7, 11) is 0. The Morgan fingerprint density at radius 2 is 2.08 bits per heavy atom. The number of nitrogen functional groups attached to an aromatic ring is 2. The molecule has 0 aliphatic carbocycles. The first-order valence-electron chi connectivity index (χ1n) is 7.76. The van der Waals surface area contributed by atoms with Crippen molar-refractivity contribution in [2.45, 2.75) is 13.3 Å². The highest BCUT2D eigenvalue weighted by molar-refractivity contribution is 5.97. The van der Waals surface area contributed by atoms with Gasteiger partial charge in [0.15, 0.2) is 0 Å². The van der Waals surface area contributed by atoms with Gasteiger partial charge in [-0.2, -0.15) is 0 Å². The van der Waals surface area contributed by atoms with Crippen LogP contribution in [0.2, 0.25) is 0 Å². The number of nitrogens with one attached hydrogen (secondary N) is 1. The van der Waals surface area contributed by atoms with Crippen LogP contribution in [0.1, 0.15) is 23.7 Å². The number of carbonyl (C=O) groups is 2. The van der Waals surface area contributed by atoms with Crippen molar-refractivity contribution in [1.29, 1.82) is 0 Å². The minimum absolute atomic E-state index is 0.104. The van der Waals surface area contributed by atoms with E-state index in [1.807, 2.05) is 12.2 Å². The lowest BCUT2D eigenvalue weighted by Gasteiger charge is -2.27. The quantitative estimate of drug-likeness (QED) is 0.535. The molecule has 0 spiro atoms. The second-order valence-electron chi connectivity index (χ2n) is 5.22. The number of carbonyl (C=O) groups excluding carboxylic acids is 2. The Morgan fingerprint density at radius 1 is 1.29 bits per heavy atom. The van der Waals surface area contributed by atoms with E-state index in [0.717, 1.165) is 0 Å². The molecule has 0 bridgehead atoms. The molecule has 0 unspecified atom stereocenters. The molecule has 0 saturated carbocycles. The average Bonchev–Trinajstić information content (AvgIpc) is 2.58. The number of esters is 1. The summed E-state index contributed by atoms with van der Waals surface area (Å²) in [6.45, 7) is 2.87. The minimum atomic E-state index is -0.348. The van der Waals surface area contributed by atoms with Crippen molar-refractivity contribution in [3.63, 3.8) is 0 Å². The van der Waals surface area contributed by atoms with Crippen LogP contribution in [0, 0.1) is 0 Å². The van der Waals surface area contributed by atoms with Crippen molar-refractivity contribution in [2.24, 2.45) is 0 Å². The SMILES string of the molecule is CCOC(=O)CCN(C(=O)c1ccc(N)c(N)c1)C1=CC=CCN1. The highest BCUT2D eigenvalue weighted by Gasteiger charge is 2.22. The molecule has 1 aromatic rings. The summed E-state index contributed by atoms with van der Waals surface area (Å²) in [4.78, 5) is 26.0. The molecular weight excluding hydrogens is 308 g/mol. The molecule has 1 aliphatic rings. The molecule has 0 saturated heterocycles. The molecule has 2 rings (SSSR count). The number of allylic oxidation sites excluding steroid dienone is 2. The lowest BCUT2D eigenvalue weighted by atomic mass is 10.1. The fraction of sp³-hybridized carbons (Fsp3) is 0.294. The Balaban J connectivity index is 2.21. The van der Waals surface area contributed by atoms with Crippen molar-refractivity contribution in [3.05, 3.63) is 47.8 Å². The summed E-state index contributed by atoms with van der Waals surface area (Å²) < 4.78 is 4.93. The lowest BCUT2D eigenvalue weighted by molar-refractivity contribution is -0.143. The molecule has 5 N–H and O–H groups in total. The van der Waals surface area contributed by atoms with Gasteiger partial charge >= 0.3 is 5.97 Å². The maximum Gasteiger partial charge on any atom is 0.307 e. The molecule has 0 radical (unpaired) electrons. The van der Waals surface area contributed by atoms with Gasteiger partial charge in [0.05, 0.1) is 24.4 Å². The third kappa shape index (κ3) is 4.28. The Morgan fingerprint density at radius 3 is 2.71 bits per heavy atom. The second-order valence-corrected chi connectivity index (χ2v) is 5.22. The van der Waals surface area contributed by atoms with Crippen molar-refractivity contribution in [3.8, 4) is 0 Å².